The van der Waals surface area contributed by atoms with E-state index in [2.05, 4.69) is 157 Å². The van der Waals surface area contributed by atoms with E-state index in [0.29, 0.717) is 6.61 Å². The topological polar surface area (TPSA) is 9.23 Å². The highest BCUT2D eigenvalue weighted by Gasteiger charge is 2.45. The van der Waals surface area contributed by atoms with E-state index in [4.69, 9.17) is 4.74 Å². The van der Waals surface area contributed by atoms with E-state index in [1.165, 1.54) is 71.6 Å². The molecule has 0 fully saturated rings. The molecule has 0 saturated carbocycles. The second-order valence-electron chi connectivity index (χ2n) is 14.8. The Morgan fingerprint density at radius 2 is 1.13 bits per heavy atom. The molecular weight excluding hydrogens is 601 g/mol. The van der Waals surface area contributed by atoms with Gasteiger partial charge >= 0.3 is 0 Å². The van der Waals surface area contributed by atoms with Crippen LogP contribution in [0.3, 0.4) is 0 Å². The molecule has 0 saturated heterocycles. The summed E-state index contributed by atoms with van der Waals surface area (Å²) in [5.41, 5.74) is 15.4. The SMILES string of the molecule is C=CCOc1c([Si](C)(C)C)cc(C)cc1[Si](C)(C)C1c2cc(-c3ccccc3CC)ccc2-c2ccc(-c3ccccc3CC)cc21. The van der Waals surface area contributed by atoms with Crippen molar-refractivity contribution in [1.82, 2.24) is 0 Å². The van der Waals surface area contributed by atoms with Crippen molar-refractivity contribution in [2.75, 3.05) is 6.61 Å². The second-order valence-corrected chi connectivity index (χ2v) is 24.4. The summed E-state index contributed by atoms with van der Waals surface area (Å²) in [6.45, 7) is 23.8. The lowest BCUT2D eigenvalue weighted by atomic mass is 9.94. The van der Waals surface area contributed by atoms with Gasteiger partial charge in [0.1, 0.15) is 12.4 Å². The molecule has 0 N–H and O–H groups in total. The van der Waals surface area contributed by atoms with Crippen LogP contribution in [-0.4, -0.2) is 22.8 Å². The maximum atomic E-state index is 6.72. The third-order valence-electron chi connectivity index (χ3n) is 10.2. The highest BCUT2D eigenvalue weighted by atomic mass is 28.3. The van der Waals surface area contributed by atoms with E-state index in [1.807, 2.05) is 6.08 Å². The molecule has 0 atom stereocenters. The van der Waals surface area contributed by atoms with Crippen LogP contribution < -0.4 is 15.1 Å². The van der Waals surface area contributed by atoms with Crippen molar-refractivity contribution in [3.8, 4) is 39.1 Å². The summed E-state index contributed by atoms with van der Waals surface area (Å²) in [6, 6.07) is 37.2. The van der Waals surface area contributed by atoms with Crippen molar-refractivity contribution in [3.63, 3.8) is 0 Å². The Morgan fingerprint density at radius 3 is 1.60 bits per heavy atom. The molecule has 0 aliphatic heterocycles. The first-order chi connectivity index (χ1) is 22.5. The van der Waals surface area contributed by atoms with E-state index >= 15 is 0 Å². The Balaban J connectivity index is 1.63. The molecule has 6 rings (SSSR count). The van der Waals surface area contributed by atoms with Crippen LogP contribution in [0, 0.1) is 6.92 Å². The van der Waals surface area contributed by atoms with Gasteiger partial charge < -0.3 is 4.74 Å². The second kappa shape index (κ2) is 12.9. The molecule has 3 heteroatoms. The maximum absolute atomic E-state index is 6.72. The Hall–Kier alpha value is -3.93. The van der Waals surface area contributed by atoms with Crippen molar-refractivity contribution in [2.45, 2.75) is 71.9 Å². The molecule has 0 unspecified atom stereocenters. The summed E-state index contributed by atoms with van der Waals surface area (Å²) in [5, 5.41) is 2.85. The average molecular weight is 651 g/mol. The summed E-state index contributed by atoms with van der Waals surface area (Å²) < 4.78 is 6.72. The van der Waals surface area contributed by atoms with Gasteiger partial charge in [0.05, 0.1) is 16.1 Å². The van der Waals surface area contributed by atoms with E-state index in [9.17, 15) is 0 Å². The number of benzene rings is 5. The van der Waals surface area contributed by atoms with E-state index < -0.39 is 16.1 Å². The normalized spacial score (nSPS) is 12.9. The van der Waals surface area contributed by atoms with Crippen molar-refractivity contribution in [1.29, 1.82) is 0 Å². The Kier molecular flexibility index (Phi) is 9.08. The summed E-state index contributed by atoms with van der Waals surface area (Å²) >= 11 is 0. The molecule has 240 valence electrons. The zero-order chi connectivity index (χ0) is 33.5. The van der Waals surface area contributed by atoms with Crippen LogP contribution in [0.15, 0.2) is 110 Å². The van der Waals surface area contributed by atoms with Crippen LogP contribution in [-0.2, 0) is 12.8 Å². The highest BCUT2D eigenvalue weighted by molar-refractivity contribution is 6.94. The predicted molar refractivity (Wildman–Crippen MR) is 210 cm³/mol. The number of rotatable bonds is 10. The molecule has 47 heavy (non-hydrogen) atoms. The van der Waals surface area contributed by atoms with Crippen molar-refractivity contribution in [3.05, 3.63) is 138 Å². The van der Waals surface area contributed by atoms with Gasteiger partial charge in [-0.2, -0.15) is 0 Å². The lowest BCUT2D eigenvalue weighted by Gasteiger charge is -2.36. The van der Waals surface area contributed by atoms with Crippen LogP contribution in [0.2, 0.25) is 32.7 Å². The van der Waals surface area contributed by atoms with Crippen LogP contribution >= 0.6 is 0 Å². The van der Waals surface area contributed by atoms with Gasteiger partial charge in [-0.1, -0.05) is 162 Å². The van der Waals surface area contributed by atoms with E-state index in [0.717, 1.165) is 18.6 Å². The zero-order valence-electron chi connectivity index (χ0n) is 29.6. The standard InChI is InChI=1S/C44H50OSi2/c1-10-25-45-43-41(46(5,6)7)26-30(4)27-42(43)47(8,9)44-39-28-33(35-19-15-13-17-31(35)11-2)21-23-37(39)38-24-22-34(29-40(38)44)36-20-16-14-18-32(36)12-3/h10,13-24,26-29,44H,1,11-12,25H2,2-9H3. The monoisotopic (exact) mass is 650 g/mol. The first kappa shape index (κ1) is 33.0. The number of hydrogen-bond acceptors (Lipinski definition) is 1. The number of ether oxygens (including phenoxy) is 1. The molecule has 5 aromatic carbocycles. The molecule has 1 aliphatic carbocycles. The Bertz CT molecular complexity index is 1860. The Morgan fingerprint density at radius 1 is 0.638 bits per heavy atom. The van der Waals surface area contributed by atoms with Gasteiger partial charge in [-0.15, -0.1) is 0 Å². The molecule has 0 spiro atoms. The van der Waals surface area contributed by atoms with Gasteiger partial charge in [0.25, 0.3) is 0 Å². The number of fused-ring (bicyclic) bond motifs is 3. The minimum atomic E-state index is -2.31. The average Bonchev–Trinajstić information content (AvgIpc) is 3.40. The van der Waals surface area contributed by atoms with Crippen LogP contribution in [0.4, 0.5) is 0 Å². The predicted octanol–water partition coefficient (Wildman–Crippen LogP) is 10.8. The first-order valence-corrected chi connectivity index (χ1v) is 23.9. The molecule has 1 nitrogen and oxygen atoms in total. The third-order valence-corrected chi connectivity index (χ3v) is 16.0. The highest BCUT2D eigenvalue weighted by Crippen LogP contribution is 2.51. The summed E-state index contributed by atoms with van der Waals surface area (Å²) in [4.78, 5) is 0. The van der Waals surface area contributed by atoms with Gasteiger partial charge in [-0.3, -0.25) is 0 Å². The van der Waals surface area contributed by atoms with Gasteiger partial charge in [-0.05, 0) is 85.8 Å². The van der Waals surface area contributed by atoms with Crippen LogP contribution in [0.5, 0.6) is 5.75 Å². The molecule has 0 heterocycles. The molecule has 0 amide bonds. The number of hydrogen-bond donors (Lipinski definition) is 0. The van der Waals surface area contributed by atoms with Crippen molar-refractivity contribution < 1.29 is 4.74 Å². The van der Waals surface area contributed by atoms with Crippen LogP contribution in [0.1, 0.15) is 47.2 Å². The summed E-state index contributed by atoms with van der Waals surface area (Å²) in [5.74, 6) is 1.13. The molecule has 0 radical (unpaired) electrons. The summed E-state index contributed by atoms with van der Waals surface area (Å²) in [6.07, 6.45) is 3.93. The third kappa shape index (κ3) is 6.01. The zero-order valence-corrected chi connectivity index (χ0v) is 31.6. The molecule has 1 aliphatic rings. The first-order valence-electron chi connectivity index (χ1n) is 17.3. The van der Waals surface area contributed by atoms with Crippen LogP contribution in [0.25, 0.3) is 33.4 Å². The minimum absolute atomic E-state index is 0.275. The fourth-order valence-corrected chi connectivity index (χ4v) is 13.3. The maximum Gasteiger partial charge on any atom is 0.118 e. The fraction of sp³-hybridized carbons (Fsp3) is 0.273. The molecule has 0 bridgehead atoms. The minimum Gasteiger partial charge on any atom is -0.490 e. The Labute approximate surface area is 285 Å². The molecule has 5 aromatic rings. The lowest BCUT2D eigenvalue weighted by Crippen LogP contribution is -2.52. The molecule has 0 aromatic heterocycles. The quantitative estimate of drug-likeness (QED) is 0.108. The number of aryl methyl sites for hydroxylation is 3. The lowest BCUT2D eigenvalue weighted by molar-refractivity contribution is 0.368. The van der Waals surface area contributed by atoms with Crippen molar-refractivity contribution in [2.24, 2.45) is 0 Å². The van der Waals surface area contributed by atoms with Gasteiger partial charge in [-0.25, -0.2) is 0 Å². The van der Waals surface area contributed by atoms with E-state index in [1.54, 1.807) is 0 Å². The van der Waals surface area contributed by atoms with Gasteiger partial charge in [0, 0.05) is 5.54 Å². The van der Waals surface area contributed by atoms with Gasteiger partial charge in [0.15, 0.2) is 0 Å². The van der Waals surface area contributed by atoms with Gasteiger partial charge in [0.2, 0.25) is 0 Å². The fourth-order valence-electron chi connectivity index (χ4n) is 7.86. The van der Waals surface area contributed by atoms with E-state index in [-0.39, 0.29) is 5.54 Å². The smallest absolute Gasteiger partial charge is 0.118 e. The largest absolute Gasteiger partial charge is 0.490 e. The van der Waals surface area contributed by atoms with Crippen molar-refractivity contribution >= 4 is 26.5 Å². The molecular formula is C44H50OSi2. The summed E-state index contributed by atoms with van der Waals surface area (Å²) in [7, 11) is -4.03.